The summed E-state index contributed by atoms with van der Waals surface area (Å²) < 4.78 is 67.0. The Morgan fingerprint density at radius 3 is 2.26 bits per heavy atom. The van der Waals surface area contributed by atoms with Crippen LogP contribution >= 0.6 is 0 Å². The summed E-state index contributed by atoms with van der Waals surface area (Å²) in [4.78, 5) is 14.6. The second-order valence-corrected chi connectivity index (χ2v) is 3.98. The monoisotopic (exact) mass is 283 g/mol. The van der Waals surface area contributed by atoms with E-state index in [-0.39, 0.29) is 11.9 Å². The van der Waals surface area contributed by atoms with Crippen molar-refractivity contribution in [3.8, 4) is 5.75 Å². The van der Waals surface area contributed by atoms with Crippen molar-refractivity contribution in [2.24, 2.45) is 0 Å². The van der Waals surface area contributed by atoms with Crippen molar-refractivity contribution in [2.75, 3.05) is 0 Å². The number of carbonyl (C=O) groups excluding carboxylic acids is 1. The lowest BCUT2D eigenvalue weighted by atomic mass is 10.1. The van der Waals surface area contributed by atoms with E-state index in [1.54, 1.807) is 13.8 Å². The molecule has 0 radical (unpaired) electrons. The first kappa shape index (κ1) is 15.3. The number of alkyl halides is 5. The van der Waals surface area contributed by atoms with E-state index in [1.165, 1.54) is 0 Å². The maximum absolute atomic E-state index is 12.9. The van der Waals surface area contributed by atoms with Gasteiger partial charge in [-0.05, 0) is 19.9 Å². The van der Waals surface area contributed by atoms with Crippen molar-refractivity contribution in [1.29, 1.82) is 0 Å². The number of Topliss-reactive ketones (excluding diaryl/α,β-unsaturated/α-hetero) is 1. The first-order valence-electron chi connectivity index (χ1n) is 5.16. The van der Waals surface area contributed by atoms with Crippen molar-refractivity contribution >= 4 is 5.78 Å². The Hall–Kier alpha value is -1.73. The number of carbonyl (C=O) groups is 1. The molecule has 0 saturated carbocycles. The normalized spacial score (nSPS) is 12.6. The maximum Gasteiger partial charge on any atom is 0.461 e. The van der Waals surface area contributed by atoms with Crippen LogP contribution in [-0.2, 0) is 0 Å². The molecule has 3 nitrogen and oxygen atoms in total. The van der Waals surface area contributed by atoms with Crippen LogP contribution in [0.25, 0.3) is 0 Å². The molecule has 8 heteroatoms. The summed E-state index contributed by atoms with van der Waals surface area (Å²) in [6.07, 6.45) is -4.54. The molecule has 0 fully saturated rings. The highest BCUT2D eigenvalue weighted by molar-refractivity contribution is 6.01. The third kappa shape index (κ3) is 3.39. The van der Waals surface area contributed by atoms with Gasteiger partial charge in [0.25, 0.3) is 0 Å². The van der Waals surface area contributed by atoms with Gasteiger partial charge < -0.3 is 4.74 Å². The smallest absolute Gasteiger partial charge is 0.461 e. The number of ketones is 1. The molecule has 0 aliphatic carbocycles. The lowest BCUT2D eigenvalue weighted by Gasteiger charge is -2.18. The zero-order chi connectivity index (χ0) is 14.8. The number of nitrogens with zero attached hydrogens (tertiary/aromatic N) is 1. The fourth-order valence-corrected chi connectivity index (χ4v) is 1.19. The van der Waals surface area contributed by atoms with Crippen molar-refractivity contribution in [1.82, 2.24) is 4.98 Å². The highest BCUT2D eigenvalue weighted by atomic mass is 19.4. The minimum Gasteiger partial charge on any atom is -0.489 e. The van der Waals surface area contributed by atoms with Gasteiger partial charge in [-0.2, -0.15) is 22.0 Å². The van der Waals surface area contributed by atoms with E-state index >= 15 is 0 Å². The van der Waals surface area contributed by atoms with Gasteiger partial charge in [-0.1, -0.05) is 0 Å². The summed E-state index contributed by atoms with van der Waals surface area (Å²) in [5.41, 5.74) is -0.861. The van der Waals surface area contributed by atoms with E-state index in [9.17, 15) is 26.7 Å². The fourth-order valence-electron chi connectivity index (χ4n) is 1.19. The number of halogens is 5. The van der Waals surface area contributed by atoms with Gasteiger partial charge in [-0.3, -0.25) is 9.78 Å². The third-order valence-corrected chi connectivity index (χ3v) is 1.99. The van der Waals surface area contributed by atoms with Gasteiger partial charge in [-0.15, -0.1) is 0 Å². The summed E-state index contributed by atoms with van der Waals surface area (Å²) in [7, 11) is 0. The van der Waals surface area contributed by atoms with E-state index < -0.39 is 23.4 Å². The standard InChI is InChI=1S/C11H10F5NO2/c1-6(2)19-8-3-7(4-17-5-8)9(18)10(12,13)11(14,15)16/h3-6H,1-2H3. The fraction of sp³-hybridized carbons (Fsp3) is 0.455. The van der Waals surface area contributed by atoms with Gasteiger partial charge in [0, 0.05) is 11.8 Å². The maximum atomic E-state index is 12.9. The number of hydrogen-bond acceptors (Lipinski definition) is 3. The molecule has 0 N–H and O–H groups in total. The molecule has 0 saturated heterocycles. The average molecular weight is 283 g/mol. The minimum atomic E-state index is -5.95. The zero-order valence-corrected chi connectivity index (χ0v) is 9.96. The summed E-state index contributed by atoms with van der Waals surface area (Å²) in [6, 6.07) is 0.801. The molecule has 1 rings (SSSR count). The highest BCUT2D eigenvalue weighted by Crippen LogP contribution is 2.38. The number of rotatable bonds is 4. The molecule has 0 aliphatic heterocycles. The molecule has 0 amide bonds. The Morgan fingerprint density at radius 1 is 1.21 bits per heavy atom. The molecule has 0 spiro atoms. The average Bonchev–Trinajstić information content (AvgIpc) is 2.25. The second kappa shape index (κ2) is 5.10. The summed E-state index contributed by atoms with van der Waals surface area (Å²) in [6.45, 7) is 3.25. The number of pyridine rings is 1. The van der Waals surface area contributed by atoms with E-state index in [0.717, 1.165) is 12.3 Å². The van der Waals surface area contributed by atoms with Crippen LogP contribution in [0.4, 0.5) is 22.0 Å². The molecule has 0 aliphatic rings. The number of hydrogen-bond donors (Lipinski definition) is 0. The Balaban J connectivity index is 3.07. The molecule has 1 heterocycles. The van der Waals surface area contributed by atoms with Crippen LogP contribution in [0.5, 0.6) is 5.75 Å². The van der Waals surface area contributed by atoms with Gasteiger partial charge in [-0.25, -0.2) is 0 Å². The van der Waals surface area contributed by atoms with Gasteiger partial charge in [0.15, 0.2) is 0 Å². The Morgan fingerprint density at radius 2 is 1.79 bits per heavy atom. The molecular weight excluding hydrogens is 273 g/mol. The first-order chi connectivity index (χ1) is 8.55. The molecule has 106 valence electrons. The predicted octanol–water partition coefficient (Wildman–Crippen LogP) is 3.25. The highest BCUT2D eigenvalue weighted by Gasteiger charge is 2.63. The number of ether oxygens (including phenoxy) is 1. The lowest BCUT2D eigenvalue weighted by molar-refractivity contribution is -0.255. The van der Waals surface area contributed by atoms with E-state index in [1.807, 2.05) is 0 Å². The van der Waals surface area contributed by atoms with Crippen LogP contribution in [-0.4, -0.2) is 29.0 Å². The van der Waals surface area contributed by atoms with Gasteiger partial charge in [0.05, 0.1) is 12.3 Å². The van der Waals surface area contributed by atoms with Crippen LogP contribution in [0.2, 0.25) is 0 Å². The molecule has 0 bridgehead atoms. The summed E-state index contributed by atoms with van der Waals surface area (Å²) >= 11 is 0. The molecule has 1 aromatic rings. The van der Waals surface area contributed by atoms with Crippen molar-refractivity contribution in [3.63, 3.8) is 0 Å². The molecule has 0 unspecified atom stereocenters. The van der Waals surface area contributed by atoms with E-state index in [4.69, 9.17) is 4.74 Å². The second-order valence-electron chi connectivity index (χ2n) is 3.98. The van der Waals surface area contributed by atoms with Crippen LogP contribution in [0.1, 0.15) is 24.2 Å². The Bertz CT molecular complexity index is 470. The first-order valence-corrected chi connectivity index (χ1v) is 5.16. The van der Waals surface area contributed by atoms with Crippen LogP contribution in [0.15, 0.2) is 18.5 Å². The van der Waals surface area contributed by atoms with E-state index in [2.05, 4.69) is 4.98 Å². The lowest BCUT2D eigenvalue weighted by Crippen LogP contribution is -2.44. The molecule has 19 heavy (non-hydrogen) atoms. The quantitative estimate of drug-likeness (QED) is 0.629. The van der Waals surface area contributed by atoms with Crippen molar-refractivity contribution < 1.29 is 31.5 Å². The van der Waals surface area contributed by atoms with Gasteiger partial charge in [0.1, 0.15) is 5.75 Å². The SMILES string of the molecule is CC(C)Oc1cncc(C(=O)C(F)(F)C(F)(F)F)c1. The van der Waals surface area contributed by atoms with E-state index in [0.29, 0.717) is 6.20 Å². The third-order valence-electron chi connectivity index (χ3n) is 1.99. The van der Waals surface area contributed by atoms with Crippen molar-refractivity contribution in [3.05, 3.63) is 24.0 Å². The largest absolute Gasteiger partial charge is 0.489 e. The molecule has 1 aromatic heterocycles. The molecule has 0 aromatic carbocycles. The number of aromatic nitrogens is 1. The summed E-state index contributed by atoms with van der Waals surface area (Å²) in [5, 5.41) is 0. The Labute approximate surface area is 105 Å². The topological polar surface area (TPSA) is 39.2 Å². The van der Waals surface area contributed by atoms with Gasteiger partial charge >= 0.3 is 12.1 Å². The zero-order valence-electron chi connectivity index (χ0n) is 9.96. The van der Waals surface area contributed by atoms with Gasteiger partial charge in [0.2, 0.25) is 5.78 Å². The Kier molecular flexibility index (Phi) is 4.12. The van der Waals surface area contributed by atoms with Crippen LogP contribution in [0, 0.1) is 0 Å². The molecule has 0 atom stereocenters. The van der Waals surface area contributed by atoms with Crippen LogP contribution in [0.3, 0.4) is 0 Å². The van der Waals surface area contributed by atoms with Crippen LogP contribution < -0.4 is 4.74 Å². The minimum absolute atomic E-state index is 0.0566. The molecular formula is C11H10F5NO2. The predicted molar refractivity (Wildman–Crippen MR) is 55.3 cm³/mol. The van der Waals surface area contributed by atoms with Crippen molar-refractivity contribution in [2.45, 2.75) is 32.1 Å². The summed E-state index contributed by atoms with van der Waals surface area (Å²) in [5.74, 6) is -7.87.